The lowest BCUT2D eigenvalue weighted by atomic mass is 9.87. The van der Waals surface area contributed by atoms with Gasteiger partial charge in [0.1, 0.15) is 11.4 Å². The first-order valence-corrected chi connectivity index (χ1v) is 9.70. The van der Waals surface area contributed by atoms with Gasteiger partial charge in [-0.3, -0.25) is 4.79 Å². The van der Waals surface area contributed by atoms with E-state index in [1.165, 1.54) is 5.56 Å². The Morgan fingerprint density at radius 3 is 2.48 bits per heavy atom. The molecule has 1 aromatic heterocycles. The van der Waals surface area contributed by atoms with Crippen molar-refractivity contribution in [3.05, 3.63) is 53.7 Å². The van der Waals surface area contributed by atoms with Gasteiger partial charge in [0.25, 0.3) is 5.91 Å². The van der Waals surface area contributed by atoms with E-state index in [0.29, 0.717) is 43.4 Å². The van der Waals surface area contributed by atoms with Gasteiger partial charge in [0, 0.05) is 25.0 Å². The van der Waals surface area contributed by atoms with E-state index in [-0.39, 0.29) is 12.0 Å². The van der Waals surface area contributed by atoms with E-state index in [4.69, 9.17) is 9.47 Å². The number of hydrogen-bond donors (Lipinski definition) is 1. The highest BCUT2D eigenvalue weighted by Crippen LogP contribution is 2.23. The molecule has 1 aliphatic heterocycles. The van der Waals surface area contributed by atoms with Crippen LogP contribution in [0.5, 0.6) is 0 Å². The van der Waals surface area contributed by atoms with E-state index in [2.05, 4.69) is 31.1 Å². The number of amides is 1. The second-order valence-corrected chi connectivity index (χ2v) is 7.93. The van der Waals surface area contributed by atoms with Crippen LogP contribution in [0.2, 0.25) is 0 Å². The summed E-state index contributed by atoms with van der Waals surface area (Å²) in [5.41, 5.74) is 2.22. The Morgan fingerprint density at radius 1 is 1.14 bits per heavy atom. The summed E-state index contributed by atoms with van der Waals surface area (Å²) in [6.07, 6.45) is 1.63. The number of hydrogen-bond acceptors (Lipinski definition) is 6. The largest absolute Gasteiger partial charge is 0.452 e. The second-order valence-electron chi connectivity index (χ2n) is 7.93. The highest BCUT2D eigenvalue weighted by molar-refractivity contribution is 5.98. The lowest BCUT2D eigenvalue weighted by Crippen LogP contribution is -2.37. The first-order chi connectivity index (χ1) is 13.8. The summed E-state index contributed by atoms with van der Waals surface area (Å²) in [5, 5.41) is 2.75. The molecule has 1 N–H and O–H groups in total. The number of benzene rings is 1. The van der Waals surface area contributed by atoms with Crippen molar-refractivity contribution >= 4 is 23.4 Å². The number of pyridine rings is 1. The highest BCUT2D eigenvalue weighted by atomic mass is 16.5. The zero-order valence-corrected chi connectivity index (χ0v) is 17.1. The Bertz CT molecular complexity index is 853. The molecule has 1 saturated heterocycles. The van der Waals surface area contributed by atoms with Gasteiger partial charge in [0.15, 0.2) is 6.61 Å². The molecule has 7 nitrogen and oxygen atoms in total. The maximum atomic E-state index is 12.5. The van der Waals surface area contributed by atoms with Crippen molar-refractivity contribution < 1.29 is 19.1 Å². The minimum atomic E-state index is -0.571. The summed E-state index contributed by atoms with van der Waals surface area (Å²) in [6.45, 7) is 8.50. The molecule has 1 fully saturated rings. The minimum Gasteiger partial charge on any atom is -0.452 e. The van der Waals surface area contributed by atoms with Crippen molar-refractivity contribution in [1.82, 2.24) is 4.98 Å². The van der Waals surface area contributed by atoms with Crippen LogP contribution >= 0.6 is 0 Å². The summed E-state index contributed by atoms with van der Waals surface area (Å²) >= 11 is 0. The number of morpholine rings is 1. The Labute approximate surface area is 171 Å². The van der Waals surface area contributed by atoms with Crippen LogP contribution in [-0.2, 0) is 19.7 Å². The van der Waals surface area contributed by atoms with Crippen LogP contribution in [0.4, 0.5) is 11.5 Å². The molecule has 0 atom stereocenters. The van der Waals surface area contributed by atoms with Crippen LogP contribution in [0, 0.1) is 0 Å². The molecule has 154 valence electrons. The zero-order valence-electron chi connectivity index (χ0n) is 17.1. The first kappa shape index (κ1) is 20.8. The molecule has 2 heterocycles. The number of nitrogens with one attached hydrogen (secondary N) is 1. The maximum Gasteiger partial charge on any atom is 0.342 e. The van der Waals surface area contributed by atoms with Gasteiger partial charge in [0.2, 0.25) is 0 Å². The highest BCUT2D eigenvalue weighted by Gasteiger charge is 2.21. The van der Waals surface area contributed by atoms with E-state index in [0.717, 1.165) is 0 Å². The second kappa shape index (κ2) is 9.05. The third-order valence-electron chi connectivity index (χ3n) is 4.69. The van der Waals surface area contributed by atoms with Crippen LogP contribution in [0.3, 0.4) is 0 Å². The van der Waals surface area contributed by atoms with Crippen LogP contribution < -0.4 is 10.2 Å². The average molecular weight is 397 g/mol. The maximum absolute atomic E-state index is 12.5. The van der Waals surface area contributed by atoms with Crippen molar-refractivity contribution in [1.29, 1.82) is 0 Å². The van der Waals surface area contributed by atoms with Gasteiger partial charge in [-0.25, -0.2) is 9.78 Å². The molecule has 0 radical (unpaired) electrons. The van der Waals surface area contributed by atoms with Crippen molar-refractivity contribution in [2.45, 2.75) is 26.2 Å². The number of carbonyl (C=O) groups excluding carboxylic acids is 2. The van der Waals surface area contributed by atoms with Crippen molar-refractivity contribution in [2.75, 3.05) is 43.1 Å². The summed E-state index contributed by atoms with van der Waals surface area (Å²) in [5.74, 6) is -0.407. The fourth-order valence-electron chi connectivity index (χ4n) is 3.04. The quantitative estimate of drug-likeness (QED) is 0.781. The number of nitrogens with zero attached hydrogens (tertiary/aromatic N) is 2. The van der Waals surface area contributed by atoms with Crippen molar-refractivity contribution in [3.8, 4) is 0 Å². The van der Waals surface area contributed by atoms with E-state index in [1.807, 2.05) is 29.2 Å². The number of anilines is 2. The van der Waals surface area contributed by atoms with E-state index in [9.17, 15) is 9.59 Å². The molecule has 3 rings (SSSR count). The molecule has 2 aromatic rings. The lowest BCUT2D eigenvalue weighted by molar-refractivity contribution is -0.119. The number of esters is 1. The minimum absolute atomic E-state index is 0.0416. The smallest absolute Gasteiger partial charge is 0.342 e. The van der Waals surface area contributed by atoms with Crippen molar-refractivity contribution in [2.24, 2.45) is 0 Å². The predicted octanol–water partition coefficient (Wildman–Crippen LogP) is 3.01. The molecule has 1 amide bonds. The van der Waals surface area contributed by atoms with Gasteiger partial charge < -0.3 is 19.7 Å². The third kappa shape index (κ3) is 5.54. The Balaban J connectivity index is 1.57. The molecule has 1 aliphatic rings. The first-order valence-electron chi connectivity index (χ1n) is 9.70. The summed E-state index contributed by atoms with van der Waals surface area (Å²) < 4.78 is 10.6. The standard InChI is InChI=1S/C22H27N3O4/c1-22(2,3)16-6-8-17(9-7-16)24-19(26)15-29-21(27)18-5-4-10-23-20(18)25-11-13-28-14-12-25/h4-10H,11-15H2,1-3H3,(H,24,26). The Kier molecular flexibility index (Phi) is 6.49. The molecule has 29 heavy (non-hydrogen) atoms. The monoisotopic (exact) mass is 397 g/mol. The number of ether oxygens (including phenoxy) is 2. The molecule has 0 unspecified atom stereocenters. The zero-order chi connectivity index (χ0) is 20.9. The Hall–Kier alpha value is -2.93. The van der Waals surface area contributed by atoms with Crippen molar-refractivity contribution in [3.63, 3.8) is 0 Å². The van der Waals surface area contributed by atoms with Gasteiger partial charge in [-0.2, -0.15) is 0 Å². The molecular formula is C22H27N3O4. The third-order valence-corrected chi connectivity index (χ3v) is 4.69. The predicted molar refractivity (Wildman–Crippen MR) is 111 cm³/mol. The molecule has 1 aromatic carbocycles. The summed E-state index contributed by atoms with van der Waals surface area (Å²) in [7, 11) is 0. The normalized spacial score (nSPS) is 14.4. The van der Waals surface area contributed by atoms with Gasteiger partial charge in [-0.05, 0) is 35.2 Å². The summed E-state index contributed by atoms with van der Waals surface area (Å²) in [4.78, 5) is 31.0. The average Bonchev–Trinajstić information content (AvgIpc) is 2.72. The molecule has 7 heteroatoms. The fourth-order valence-corrected chi connectivity index (χ4v) is 3.04. The molecular weight excluding hydrogens is 370 g/mol. The van der Waals surface area contributed by atoms with Gasteiger partial charge in [0.05, 0.1) is 13.2 Å². The van der Waals surface area contributed by atoms with Gasteiger partial charge >= 0.3 is 5.97 Å². The lowest BCUT2D eigenvalue weighted by Gasteiger charge is -2.28. The number of carbonyl (C=O) groups is 2. The van der Waals surface area contributed by atoms with E-state index >= 15 is 0 Å². The van der Waals surface area contributed by atoms with E-state index in [1.54, 1.807) is 18.3 Å². The Morgan fingerprint density at radius 2 is 1.83 bits per heavy atom. The number of aromatic nitrogens is 1. The van der Waals surface area contributed by atoms with Crippen LogP contribution in [0.15, 0.2) is 42.6 Å². The molecule has 0 spiro atoms. The topological polar surface area (TPSA) is 80.8 Å². The van der Waals surface area contributed by atoms with Gasteiger partial charge in [-0.15, -0.1) is 0 Å². The van der Waals surface area contributed by atoms with Crippen LogP contribution in [0.1, 0.15) is 36.7 Å². The SMILES string of the molecule is CC(C)(C)c1ccc(NC(=O)COC(=O)c2cccnc2N2CCOCC2)cc1. The van der Waals surface area contributed by atoms with Crippen LogP contribution in [-0.4, -0.2) is 49.8 Å². The molecule has 0 bridgehead atoms. The van der Waals surface area contributed by atoms with Gasteiger partial charge in [-0.1, -0.05) is 32.9 Å². The van der Waals surface area contributed by atoms with Crippen LogP contribution in [0.25, 0.3) is 0 Å². The number of rotatable bonds is 5. The van der Waals surface area contributed by atoms with E-state index < -0.39 is 11.9 Å². The fraction of sp³-hybridized carbons (Fsp3) is 0.409. The molecule has 0 aliphatic carbocycles. The molecule has 0 saturated carbocycles. The summed E-state index contributed by atoms with van der Waals surface area (Å²) in [6, 6.07) is 11.0.